The Morgan fingerprint density at radius 2 is 1.82 bits per heavy atom. The summed E-state index contributed by atoms with van der Waals surface area (Å²) in [6.07, 6.45) is 0. The SMILES string of the molecule is CCNc1nc(C#N)nc(NC(C)(C)C#N)n1. The summed E-state index contributed by atoms with van der Waals surface area (Å²) < 4.78 is 0. The second-order valence-corrected chi connectivity index (χ2v) is 3.81. The van der Waals surface area contributed by atoms with Crippen LogP contribution < -0.4 is 10.6 Å². The van der Waals surface area contributed by atoms with Gasteiger partial charge in [-0.3, -0.25) is 0 Å². The molecule has 0 saturated heterocycles. The van der Waals surface area contributed by atoms with Crippen LogP contribution in [0.1, 0.15) is 26.6 Å². The Bertz CT molecular complexity index is 480. The molecule has 1 rings (SSSR count). The summed E-state index contributed by atoms with van der Waals surface area (Å²) >= 11 is 0. The van der Waals surface area contributed by atoms with Crippen LogP contribution in [0.5, 0.6) is 0 Å². The zero-order valence-corrected chi connectivity index (χ0v) is 9.94. The lowest BCUT2D eigenvalue weighted by molar-refractivity contribution is 0.714. The molecule has 1 aromatic rings. The Morgan fingerprint density at radius 3 is 2.35 bits per heavy atom. The lowest BCUT2D eigenvalue weighted by Crippen LogP contribution is -2.30. The minimum Gasteiger partial charge on any atom is -0.354 e. The fourth-order valence-corrected chi connectivity index (χ4v) is 1.03. The first-order valence-electron chi connectivity index (χ1n) is 5.10. The summed E-state index contributed by atoms with van der Waals surface area (Å²) in [5.74, 6) is 0.529. The van der Waals surface area contributed by atoms with Crippen molar-refractivity contribution in [3.05, 3.63) is 5.82 Å². The molecule has 88 valence electrons. The first kappa shape index (κ1) is 12.7. The second-order valence-electron chi connectivity index (χ2n) is 3.81. The van der Waals surface area contributed by atoms with E-state index in [-0.39, 0.29) is 11.8 Å². The minimum absolute atomic E-state index is 0.00666. The Labute approximate surface area is 99.5 Å². The molecule has 0 unspecified atom stereocenters. The molecular formula is C10H13N7. The Morgan fingerprint density at radius 1 is 1.18 bits per heavy atom. The van der Waals surface area contributed by atoms with Crippen LogP contribution in [-0.4, -0.2) is 27.0 Å². The van der Waals surface area contributed by atoms with Crippen LogP contribution in [0.4, 0.5) is 11.9 Å². The van der Waals surface area contributed by atoms with Crippen molar-refractivity contribution in [2.45, 2.75) is 26.3 Å². The number of nitriles is 2. The van der Waals surface area contributed by atoms with E-state index in [1.54, 1.807) is 13.8 Å². The highest BCUT2D eigenvalue weighted by molar-refractivity contribution is 5.40. The third-order valence-electron chi connectivity index (χ3n) is 1.77. The molecule has 0 aliphatic heterocycles. The second kappa shape index (κ2) is 5.08. The first-order valence-corrected chi connectivity index (χ1v) is 5.10. The molecule has 0 aliphatic carbocycles. The number of aromatic nitrogens is 3. The minimum atomic E-state index is -0.808. The van der Waals surface area contributed by atoms with E-state index >= 15 is 0 Å². The van der Waals surface area contributed by atoms with E-state index in [0.717, 1.165) is 0 Å². The topological polar surface area (TPSA) is 110 Å². The van der Waals surface area contributed by atoms with Gasteiger partial charge in [-0.25, -0.2) is 0 Å². The van der Waals surface area contributed by atoms with Crippen LogP contribution >= 0.6 is 0 Å². The lowest BCUT2D eigenvalue weighted by Gasteiger charge is -2.17. The van der Waals surface area contributed by atoms with Crippen molar-refractivity contribution in [3.63, 3.8) is 0 Å². The van der Waals surface area contributed by atoms with E-state index in [1.165, 1.54) is 0 Å². The fourth-order valence-electron chi connectivity index (χ4n) is 1.03. The van der Waals surface area contributed by atoms with E-state index in [1.807, 2.05) is 13.0 Å². The smallest absolute Gasteiger partial charge is 0.238 e. The quantitative estimate of drug-likeness (QED) is 0.791. The summed E-state index contributed by atoms with van der Waals surface area (Å²) in [5.41, 5.74) is -0.808. The van der Waals surface area contributed by atoms with Gasteiger partial charge in [-0.1, -0.05) is 0 Å². The molecule has 17 heavy (non-hydrogen) atoms. The predicted octanol–water partition coefficient (Wildman–Crippen LogP) is 0.889. The van der Waals surface area contributed by atoms with Crippen molar-refractivity contribution in [2.24, 2.45) is 0 Å². The number of nitrogens with zero attached hydrogens (tertiary/aromatic N) is 5. The first-order chi connectivity index (χ1) is 8.00. The monoisotopic (exact) mass is 231 g/mol. The molecule has 1 aromatic heterocycles. The van der Waals surface area contributed by atoms with Crippen molar-refractivity contribution in [1.29, 1.82) is 10.5 Å². The molecule has 7 nitrogen and oxygen atoms in total. The number of hydrogen-bond donors (Lipinski definition) is 2. The molecule has 0 bridgehead atoms. The Kier molecular flexibility index (Phi) is 3.78. The van der Waals surface area contributed by atoms with Gasteiger partial charge in [0.25, 0.3) is 0 Å². The largest absolute Gasteiger partial charge is 0.354 e. The summed E-state index contributed by atoms with van der Waals surface area (Å²) in [4.78, 5) is 11.8. The van der Waals surface area contributed by atoms with Crippen molar-refractivity contribution in [3.8, 4) is 12.1 Å². The van der Waals surface area contributed by atoms with Crippen LogP contribution in [0, 0.1) is 22.7 Å². The van der Waals surface area contributed by atoms with Gasteiger partial charge in [0.05, 0.1) is 6.07 Å². The van der Waals surface area contributed by atoms with Crippen LogP contribution in [0.25, 0.3) is 0 Å². The van der Waals surface area contributed by atoms with Gasteiger partial charge >= 0.3 is 0 Å². The summed E-state index contributed by atoms with van der Waals surface area (Å²) in [6, 6.07) is 3.91. The maximum absolute atomic E-state index is 8.89. The van der Waals surface area contributed by atoms with Gasteiger partial charge in [-0.2, -0.15) is 25.5 Å². The normalized spacial score (nSPS) is 10.2. The van der Waals surface area contributed by atoms with Crippen molar-refractivity contribution >= 4 is 11.9 Å². The molecule has 7 heteroatoms. The molecule has 0 fully saturated rings. The van der Waals surface area contributed by atoms with Crippen LogP contribution in [0.2, 0.25) is 0 Å². The Hall–Kier alpha value is -2.41. The number of anilines is 2. The van der Waals surface area contributed by atoms with Crippen molar-refractivity contribution in [1.82, 2.24) is 15.0 Å². The standard InChI is InChI=1S/C10H13N7/c1-4-13-8-14-7(5-11)15-9(16-8)17-10(2,3)6-12/h4H2,1-3H3,(H2,13,14,15,16,17). The van der Waals surface area contributed by atoms with E-state index in [9.17, 15) is 0 Å². The lowest BCUT2D eigenvalue weighted by atomic mass is 10.1. The third-order valence-corrected chi connectivity index (χ3v) is 1.77. The van der Waals surface area contributed by atoms with Gasteiger partial charge in [0.15, 0.2) is 0 Å². The van der Waals surface area contributed by atoms with Gasteiger partial charge in [-0.15, -0.1) is 0 Å². The van der Waals surface area contributed by atoms with E-state index < -0.39 is 5.54 Å². The molecule has 0 radical (unpaired) electrons. The molecule has 1 heterocycles. The molecule has 0 aromatic carbocycles. The van der Waals surface area contributed by atoms with Crippen molar-refractivity contribution < 1.29 is 0 Å². The van der Waals surface area contributed by atoms with Crippen LogP contribution in [-0.2, 0) is 0 Å². The van der Waals surface area contributed by atoms with Gasteiger partial charge in [-0.05, 0) is 20.8 Å². The average molecular weight is 231 g/mol. The highest BCUT2D eigenvalue weighted by atomic mass is 15.2. The van der Waals surface area contributed by atoms with E-state index in [4.69, 9.17) is 10.5 Å². The highest BCUT2D eigenvalue weighted by Gasteiger charge is 2.18. The predicted molar refractivity (Wildman–Crippen MR) is 62.0 cm³/mol. The maximum atomic E-state index is 8.89. The highest BCUT2D eigenvalue weighted by Crippen LogP contribution is 2.11. The summed E-state index contributed by atoms with van der Waals surface area (Å²) in [7, 11) is 0. The molecule has 0 aliphatic rings. The average Bonchev–Trinajstić information content (AvgIpc) is 2.28. The zero-order valence-electron chi connectivity index (χ0n) is 9.94. The molecule has 0 spiro atoms. The molecule has 0 saturated carbocycles. The molecule has 2 N–H and O–H groups in total. The van der Waals surface area contributed by atoms with Gasteiger partial charge in [0.2, 0.25) is 17.7 Å². The van der Waals surface area contributed by atoms with Gasteiger partial charge in [0.1, 0.15) is 11.6 Å². The Balaban J connectivity index is 3.04. The van der Waals surface area contributed by atoms with Gasteiger partial charge in [0, 0.05) is 6.54 Å². The molecule has 0 amide bonds. The fraction of sp³-hybridized carbons (Fsp3) is 0.500. The van der Waals surface area contributed by atoms with Crippen LogP contribution in [0.3, 0.4) is 0 Å². The molecular weight excluding hydrogens is 218 g/mol. The van der Waals surface area contributed by atoms with Gasteiger partial charge < -0.3 is 10.6 Å². The van der Waals surface area contributed by atoms with E-state index in [0.29, 0.717) is 12.5 Å². The van der Waals surface area contributed by atoms with Crippen LogP contribution in [0.15, 0.2) is 0 Å². The van der Waals surface area contributed by atoms with E-state index in [2.05, 4.69) is 31.7 Å². The zero-order chi connectivity index (χ0) is 12.9. The van der Waals surface area contributed by atoms with Crippen molar-refractivity contribution in [2.75, 3.05) is 17.2 Å². The molecule has 0 atom stereocenters. The summed E-state index contributed by atoms with van der Waals surface area (Å²) in [5, 5.41) is 23.4. The summed E-state index contributed by atoms with van der Waals surface area (Å²) in [6.45, 7) is 5.91. The number of hydrogen-bond acceptors (Lipinski definition) is 7. The number of rotatable bonds is 4. The maximum Gasteiger partial charge on any atom is 0.238 e. The number of nitrogens with one attached hydrogen (secondary N) is 2. The third kappa shape index (κ3) is 3.58.